The number of para-hydroxylation sites is 2. The van der Waals surface area contributed by atoms with Gasteiger partial charge in [0.25, 0.3) is 5.69 Å². The molecule has 0 bridgehead atoms. The number of nitro groups is 1. The molecule has 0 unspecified atom stereocenters. The maximum atomic E-state index is 10.9. The lowest BCUT2D eigenvalue weighted by Gasteiger charge is -1.97. The van der Waals surface area contributed by atoms with Crippen LogP contribution in [0.1, 0.15) is 5.76 Å². The van der Waals surface area contributed by atoms with Crippen LogP contribution in [0, 0.1) is 10.1 Å². The summed E-state index contributed by atoms with van der Waals surface area (Å²) in [6, 6.07) is 17.4. The predicted molar refractivity (Wildman–Crippen MR) is 98.1 cm³/mol. The van der Waals surface area contributed by atoms with E-state index in [1.165, 1.54) is 18.3 Å². The van der Waals surface area contributed by atoms with Crippen LogP contribution in [0.15, 0.2) is 70.2 Å². The molecule has 2 aromatic carbocycles. The number of H-pyrrole nitrogens is 1. The number of nitrogens with zero attached hydrogens (tertiary/aromatic N) is 3. The van der Waals surface area contributed by atoms with E-state index >= 15 is 0 Å². The lowest BCUT2D eigenvalue weighted by atomic mass is 10.1. The van der Waals surface area contributed by atoms with Crippen LogP contribution < -0.4 is 5.43 Å². The molecule has 0 amide bonds. The van der Waals surface area contributed by atoms with Crippen molar-refractivity contribution in [2.45, 2.75) is 0 Å². The highest BCUT2D eigenvalue weighted by atomic mass is 16.6. The van der Waals surface area contributed by atoms with Crippen LogP contribution in [0.3, 0.4) is 0 Å². The van der Waals surface area contributed by atoms with Crippen molar-refractivity contribution in [1.29, 1.82) is 0 Å². The van der Waals surface area contributed by atoms with Gasteiger partial charge in [0.2, 0.25) is 5.95 Å². The van der Waals surface area contributed by atoms with Crippen molar-refractivity contribution in [2.24, 2.45) is 5.10 Å². The Bertz CT molecular complexity index is 1080. The Balaban J connectivity index is 1.48. The second-order valence-corrected chi connectivity index (χ2v) is 5.48. The minimum atomic E-state index is -0.438. The number of aromatic amines is 1. The third-order valence-electron chi connectivity index (χ3n) is 3.72. The highest BCUT2D eigenvalue weighted by Gasteiger charge is 2.09. The van der Waals surface area contributed by atoms with Crippen molar-refractivity contribution in [1.82, 2.24) is 9.97 Å². The predicted octanol–water partition coefficient (Wildman–Crippen LogP) is 4.18. The monoisotopic (exact) mass is 347 g/mol. The Morgan fingerprint density at radius 2 is 2.04 bits per heavy atom. The molecule has 4 rings (SSSR count). The zero-order valence-electron chi connectivity index (χ0n) is 13.4. The average Bonchev–Trinajstić information content (AvgIpc) is 3.28. The number of rotatable bonds is 5. The molecule has 0 atom stereocenters. The molecule has 2 aromatic heterocycles. The first kappa shape index (κ1) is 15.6. The van der Waals surface area contributed by atoms with Gasteiger partial charge in [-0.15, -0.1) is 0 Å². The third-order valence-corrected chi connectivity index (χ3v) is 3.72. The van der Waals surface area contributed by atoms with Crippen molar-refractivity contribution < 1.29 is 9.34 Å². The number of benzene rings is 2. The molecule has 0 fully saturated rings. The molecule has 0 saturated heterocycles. The third kappa shape index (κ3) is 3.16. The quantitative estimate of drug-likeness (QED) is 0.320. The van der Waals surface area contributed by atoms with Gasteiger partial charge in [-0.3, -0.25) is 10.1 Å². The highest BCUT2D eigenvalue weighted by molar-refractivity contribution is 5.79. The van der Waals surface area contributed by atoms with Gasteiger partial charge < -0.3 is 9.40 Å². The van der Waals surface area contributed by atoms with Crippen molar-refractivity contribution >= 4 is 28.9 Å². The minimum Gasteiger partial charge on any atom is -0.455 e. The molecule has 26 heavy (non-hydrogen) atoms. The maximum absolute atomic E-state index is 10.9. The summed E-state index contributed by atoms with van der Waals surface area (Å²) in [6.07, 6.45) is 1.51. The van der Waals surface area contributed by atoms with Crippen LogP contribution in [0.25, 0.3) is 22.4 Å². The summed E-state index contributed by atoms with van der Waals surface area (Å²) in [5, 5.41) is 15.0. The molecule has 0 aliphatic carbocycles. The zero-order valence-corrected chi connectivity index (χ0v) is 13.4. The Hall–Kier alpha value is -3.94. The summed E-state index contributed by atoms with van der Waals surface area (Å²) in [7, 11) is 0. The zero-order chi connectivity index (χ0) is 17.9. The topological polar surface area (TPSA) is 109 Å². The molecule has 0 radical (unpaired) electrons. The number of anilines is 1. The first-order valence-electron chi connectivity index (χ1n) is 7.77. The number of non-ortho nitro benzene ring substituents is 1. The Labute approximate surface area is 147 Å². The van der Waals surface area contributed by atoms with Crippen molar-refractivity contribution in [3.8, 4) is 11.3 Å². The van der Waals surface area contributed by atoms with Crippen LogP contribution >= 0.6 is 0 Å². The van der Waals surface area contributed by atoms with Crippen LogP contribution in [0.2, 0.25) is 0 Å². The van der Waals surface area contributed by atoms with Gasteiger partial charge in [-0.05, 0) is 24.3 Å². The van der Waals surface area contributed by atoms with Crippen LogP contribution in [-0.4, -0.2) is 21.1 Å². The summed E-state index contributed by atoms with van der Waals surface area (Å²) in [5.74, 6) is 1.56. The Morgan fingerprint density at radius 1 is 1.15 bits per heavy atom. The van der Waals surface area contributed by atoms with E-state index in [1.807, 2.05) is 24.3 Å². The minimum absolute atomic E-state index is 0.0145. The summed E-state index contributed by atoms with van der Waals surface area (Å²) >= 11 is 0. The first-order chi connectivity index (χ1) is 12.7. The van der Waals surface area contributed by atoms with E-state index in [2.05, 4.69) is 20.5 Å². The van der Waals surface area contributed by atoms with Crippen molar-refractivity contribution in [3.63, 3.8) is 0 Å². The number of nitro benzene ring substituents is 1. The van der Waals surface area contributed by atoms with Gasteiger partial charge in [0, 0.05) is 17.7 Å². The molecule has 8 nitrogen and oxygen atoms in total. The fourth-order valence-corrected chi connectivity index (χ4v) is 2.51. The fourth-order valence-electron chi connectivity index (χ4n) is 2.51. The standard InChI is InChI=1S/C18H13N5O3/c24-23(25)13-5-3-4-12(10-13)17-9-8-14(26-17)11-19-22-18-20-15-6-1-2-7-16(15)21-18/h1-11H,(H2,20,21,22)/b19-11+. The number of hydrogen-bond acceptors (Lipinski definition) is 6. The van der Waals surface area contributed by atoms with E-state index in [0.717, 1.165) is 11.0 Å². The summed E-state index contributed by atoms with van der Waals surface area (Å²) in [6.45, 7) is 0. The second kappa shape index (κ2) is 6.52. The van der Waals surface area contributed by atoms with E-state index in [4.69, 9.17) is 4.42 Å². The van der Waals surface area contributed by atoms with Crippen LogP contribution in [0.4, 0.5) is 11.6 Å². The molecule has 4 aromatic rings. The first-order valence-corrected chi connectivity index (χ1v) is 7.77. The number of nitrogens with one attached hydrogen (secondary N) is 2. The molecular weight excluding hydrogens is 334 g/mol. The van der Waals surface area contributed by atoms with E-state index < -0.39 is 4.92 Å². The number of hydrogen-bond donors (Lipinski definition) is 2. The Kier molecular flexibility index (Phi) is 3.91. The van der Waals surface area contributed by atoms with Gasteiger partial charge in [0.05, 0.1) is 22.2 Å². The summed E-state index contributed by atoms with van der Waals surface area (Å²) < 4.78 is 5.66. The van der Waals surface area contributed by atoms with E-state index in [1.54, 1.807) is 24.3 Å². The van der Waals surface area contributed by atoms with Gasteiger partial charge in [-0.2, -0.15) is 5.10 Å². The van der Waals surface area contributed by atoms with E-state index in [-0.39, 0.29) is 5.69 Å². The normalized spacial score (nSPS) is 11.2. The molecule has 0 aliphatic rings. The van der Waals surface area contributed by atoms with Gasteiger partial charge in [-0.1, -0.05) is 24.3 Å². The molecule has 8 heteroatoms. The maximum Gasteiger partial charge on any atom is 0.270 e. The summed E-state index contributed by atoms with van der Waals surface area (Å²) in [4.78, 5) is 17.9. The van der Waals surface area contributed by atoms with Crippen molar-refractivity contribution in [2.75, 3.05) is 5.43 Å². The van der Waals surface area contributed by atoms with Crippen molar-refractivity contribution in [3.05, 3.63) is 76.5 Å². The summed E-state index contributed by atoms with van der Waals surface area (Å²) in [5.41, 5.74) is 5.21. The molecule has 2 heterocycles. The van der Waals surface area contributed by atoms with E-state index in [0.29, 0.717) is 23.0 Å². The Morgan fingerprint density at radius 3 is 2.88 bits per heavy atom. The second-order valence-electron chi connectivity index (χ2n) is 5.48. The lowest BCUT2D eigenvalue weighted by Crippen LogP contribution is -1.91. The van der Waals surface area contributed by atoms with E-state index in [9.17, 15) is 10.1 Å². The molecular formula is C18H13N5O3. The number of furan rings is 1. The molecule has 0 spiro atoms. The number of fused-ring (bicyclic) bond motifs is 1. The molecule has 128 valence electrons. The van der Waals surface area contributed by atoms with Gasteiger partial charge in [0.15, 0.2) is 0 Å². The SMILES string of the molecule is O=[N+]([O-])c1cccc(-c2ccc(/C=N/Nc3nc4ccccc4[nH]3)o2)c1. The fraction of sp³-hybridized carbons (Fsp3) is 0. The van der Waals surface area contributed by atoms with Gasteiger partial charge in [-0.25, -0.2) is 10.4 Å². The van der Waals surface area contributed by atoms with Gasteiger partial charge in [0.1, 0.15) is 11.5 Å². The van der Waals surface area contributed by atoms with Crippen LogP contribution in [0.5, 0.6) is 0 Å². The largest absolute Gasteiger partial charge is 0.455 e. The lowest BCUT2D eigenvalue weighted by molar-refractivity contribution is -0.384. The number of imidazole rings is 1. The smallest absolute Gasteiger partial charge is 0.270 e. The molecule has 0 saturated carbocycles. The number of aromatic nitrogens is 2. The molecule has 0 aliphatic heterocycles. The number of hydrazone groups is 1. The highest BCUT2D eigenvalue weighted by Crippen LogP contribution is 2.25. The average molecular weight is 347 g/mol. The molecule has 2 N–H and O–H groups in total. The van der Waals surface area contributed by atoms with Crippen LogP contribution in [-0.2, 0) is 0 Å². The van der Waals surface area contributed by atoms with Gasteiger partial charge >= 0.3 is 0 Å².